The summed E-state index contributed by atoms with van der Waals surface area (Å²) in [4.78, 5) is 11.5. The van der Waals surface area contributed by atoms with Crippen LogP contribution in [0.5, 0.6) is 0 Å². The third-order valence-electron chi connectivity index (χ3n) is 2.57. The van der Waals surface area contributed by atoms with Crippen LogP contribution in [0.1, 0.15) is 25.3 Å². The van der Waals surface area contributed by atoms with Gasteiger partial charge in [-0.1, -0.05) is 18.2 Å². The van der Waals surface area contributed by atoms with Crippen LogP contribution in [0.15, 0.2) is 24.3 Å². The molecule has 1 N–H and O–H groups in total. The Morgan fingerprint density at radius 2 is 2.17 bits per heavy atom. The number of hydrogen-bond acceptors (Lipinski definition) is 2. The van der Waals surface area contributed by atoms with Crippen molar-refractivity contribution in [3.8, 4) is 0 Å². The van der Waals surface area contributed by atoms with E-state index in [-0.39, 0.29) is 11.7 Å². The van der Waals surface area contributed by atoms with Gasteiger partial charge in [-0.15, -0.1) is 0 Å². The summed E-state index contributed by atoms with van der Waals surface area (Å²) < 4.78 is 18.4. The molecule has 1 aromatic rings. The Labute approximate surface area is 107 Å². The molecule has 0 radical (unpaired) electrons. The molecule has 0 aliphatic rings. The van der Waals surface area contributed by atoms with E-state index in [4.69, 9.17) is 4.74 Å². The van der Waals surface area contributed by atoms with Gasteiger partial charge in [0.15, 0.2) is 0 Å². The lowest BCUT2D eigenvalue weighted by molar-refractivity contribution is -0.121. The van der Waals surface area contributed by atoms with E-state index in [1.807, 2.05) is 6.92 Å². The summed E-state index contributed by atoms with van der Waals surface area (Å²) in [7, 11) is 0. The molecule has 100 valence electrons. The van der Waals surface area contributed by atoms with E-state index in [1.54, 1.807) is 18.2 Å². The molecule has 0 spiro atoms. The first kappa shape index (κ1) is 14.6. The number of amides is 1. The summed E-state index contributed by atoms with van der Waals surface area (Å²) in [5.41, 5.74) is 0.585. The quantitative estimate of drug-likeness (QED) is 0.722. The SMILES string of the molecule is CCOCCCNC(=O)CCc1ccccc1F. The van der Waals surface area contributed by atoms with E-state index in [2.05, 4.69) is 5.32 Å². The number of ether oxygens (including phenoxy) is 1. The zero-order valence-corrected chi connectivity index (χ0v) is 10.7. The summed E-state index contributed by atoms with van der Waals surface area (Å²) in [6.07, 6.45) is 1.55. The Morgan fingerprint density at radius 1 is 1.39 bits per heavy atom. The molecule has 0 aromatic heterocycles. The number of carbonyl (C=O) groups excluding carboxylic acids is 1. The van der Waals surface area contributed by atoms with Gasteiger partial charge < -0.3 is 10.1 Å². The molecule has 1 aromatic carbocycles. The average Bonchev–Trinajstić information content (AvgIpc) is 2.37. The van der Waals surface area contributed by atoms with Crippen molar-refractivity contribution in [3.05, 3.63) is 35.6 Å². The van der Waals surface area contributed by atoms with E-state index in [0.29, 0.717) is 38.2 Å². The van der Waals surface area contributed by atoms with Gasteiger partial charge in [0.2, 0.25) is 5.91 Å². The molecule has 0 aliphatic carbocycles. The normalized spacial score (nSPS) is 10.3. The smallest absolute Gasteiger partial charge is 0.220 e. The number of carbonyl (C=O) groups is 1. The number of halogens is 1. The van der Waals surface area contributed by atoms with Gasteiger partial charge in [-0.3, -0.25) is 4.79 Å². The molecule has 0 fully saturated rings. The van der Waals surface area contributed by atoms with Crippen molar-refractivity contribution in [1.82, 2.24) is 5.32 Å². The fourth-order valence-corrected chi connectivity index (χ4v) is 1.58. The van der Waals surface area contributed by atoms with Crippen LogP contribution in [0, 0.1) is 5.82 Å². The molecular formula is C14H20FNO2. The molecule has 1 amide bonds. The van der Waals surface area contributed by atoms with Gasteiger partial charge in [0.05, 0.1) is 0 Å². The second-order valence-corrected chi connectivity index (χ2v) is 3.99. The van der Waals surface area contributed by atoms with E-state index < -0.39 is 0 Å². The number of hydrogen-bond donors (Lipinski definition) is 1. The number of aryl methyl sites for hydroxylation is 1. The fourth-order valence-electron chi connectivity index (χ4n) is 1.58. The summed E-state index contributed by atoms with van der Waals surface area (Å²) in [5.74, 6) is -0.295. The molecule has 0 aliphatic heterocycles. The van der Waals surface area contributed by atoms with Crippen LogP contribution in [0.2, 0.25) is 0 Å². The van der Waals surface area contributed by atoms with Gasteiger partial charge in [-0.25, -0.2) is 4.39 Å². The minimum atomic E-state index is -0.248. The maximum absolute atomic E-state index is 13.3. The van der Waals surface area contributed by atoms with Crippen molar-refractivity contribution >= 4 is 5.91 Å². The number of benzene rings is 1. The van der Waals surface area contributed by atoms with Gasteiger partial charge in [0.1, 0.15) is 5.82 Å². The molecule has 0 bridgehead atoms. The summed E-state index contributed by atoms with van der Waals surface area (Å²) in [6.45, 7) is 3.90. The van der Waals surface area contributed by atoms with Crippen LogP contribution in [0.25, 0.3) is 0 Å². The highest BCUT2D eigenvalue weighted by molar-refractivity contribution is 5.76. The highest BCUT2D eigenvalue weighted by Crippen LogP contribution is 2.08. The summed E-state index contributed by atoms with van der Waals surface area (Å²) in [5, 5.41) is 2.79. The number of nitrogens with one attached hydrogen (secondary N) is 1. The summed E-state index contributed by atoms with van der Waals surface area (Å²) >= 11 is 0. The first-order valence-corrected chi connectivity index (χ1v) is 6.32. The maximum Gasteiger partial charge on any atom is 0.220 e. The van der Waals surface area contributed by atoms with Crippen molar-refractivity contribution in [2.75, 3.05) is 19.8 Å². The highest BCUT2D eigenvalue weighted by atomic mass is 19.1. The first-order valence-electron chi connectivity index (χ1n) is 6.32. The van der Waals surface area contributed by atoms with E-state index in [1.165, 1.54) is 6.07 Å². The lowest BCUT2D eigenvalue weighted by Gasteiger charge is -2.06. The topological polar surface area (TPSA) is 38.3 Å². The Morgan fingerprint density at radius 3 is 2.89 bits per heavy atom. The standard InChI is InChI=1S/C14H20FNO2/c1-2-18-11-5-10-16-14(17)9-8-12-6-3-4-7-13(12)15/h3-4,6-7H,2,5,8-11H2,1H3,(H,16,17). The third kappa shape index (κ3) is 5.77. The molecule has 1 rings (SSSR count). The second-order valence-electron chi connectivity index (χ2n) is 3.99. The largest absolute Gasteiger partial charge is 0.382 e. The van der Waals surface area contributed by atoms with Crippen LogP contribution >= 0.6 is 0 Å². The molecule has 0 saturated carbocycles. The van der Waals surface area contributed by atoms with Crippen LogP contribution in [0.4, 0.5) is 4.39 Å². The van der Waals surface area contributed by atoms with E-state index in [9.17, 15) is 9.18 Å². The molecule has 4 heteroatoms. The van der Waals surface area contributed by atoms with Crippen molar-refractivity contribution in [2.45, 2.75) is 26.2 Å². The monoisotopic (exact) mass is 253 g/mol. The maximum atomic E-state index is 13.3. The number of rotatable bonds is 8. The van der Waals surface area contributed by atoms with Gasteiger partial charge in [-0.2, -0.15) is 0 Å². The van der Waals surface area contributed by atoms with Gasteiger partial charge in [0, 0.05) is 26.2 Å². The van der Waals surface area contributed by atoms with Crippen molar-refractivity contribution in [2.24, 2.45) is 0 Å². The van der Waals surface area contributed by atoms with Crippen molar-refractivity contribution in [1.29, 1.82) is 0 Å². The Hall–Kier alpha value is -1.42. The van der Waals surface area contributed by atoms with Crippen molar-refractivity contribution in [3.63, 3.8) is 0 Å². The molecular weight excluding hydrogens is 233 g/mol. The van der Waals surface area contributed by atoms with Gasteiger partial charge in [0.25, 0.3) is 0 Å². The van der Waals surface area contributed by atoms with E-state index >= 15 is 0 Å². The minimum Gasteiger partial charge on any atom is -0.382 e. The van der Waals surface area contributed by atoms with Crippen LogP contribution < -0.4 is 5.32 Å². The second kappa shape index (κ2) is 8.64. The molecule has 0 atom stereocenters. The predicted molar refractivity (Wildman–Crippen MR) is 68.8 cm³/mol. The minimum absolute atomic E-state index is 0.0465. The Bertz CT molecular complexity index is 369. The van der Waals surface area contributed by atoms with Crippen LogP contribution in [0.3, 0.4) is 0 Å². The molecule has 18 heavy (non-hydrogen) atoms. The molecule has 0 unspecified atom stereocenters. The average molecular weight is 253 g/mol. The Kier molecular flexibility index (Phi) is 7.03. The summed E-state index contributed by atoms with van der Waals surface area (Å²) in [6, 6.07) is 6.54. The van der Waals surface area contributed by atoms with E-state index in [0.717, 1.165) is 6.42 Å². The van der Waals surface area contributed by atoms with Gasteiger partial charge >= 0.3 is 0 Å². The van der Waals surface area contributed by atoms with Crippen LogP contribution in [-0.2, 0) is 16.0 Å². The first-order chi connectivity index (χ1) is 8.74. The zero-order valence-electron chi connectivity index (χ0n) is 10.7. The lowest BCUT2D eigenvalue weighted by Crippen LogP contribution is -2.25. The van der Waals surface area contributed by atoms with Crippen LogP contribution in [-0.4, -0.2) is 25.7 Å². The van der Waals surface area contributed by atoms with Gasteiger partial charge in [-0.05, 0) is 31.4 Å². The molecule has 0 heterocycles. The zero-order chi connectivity index (χ0) is 13.2. The highest BCUT2D eigenvalue weighted by Gasteiger charge is 2.04. The molecule has 3 nitrogen and oxygen atoms in total. The molecule has 0 saturated heterocycles. The van der Waals surface area contributed by atoms with Crippen molar-refractivity contribution < 1.29 is 13.9 Å². The fraction of sp³-hybridized carbons (Fsp3) is 0.500. The third-order valence-corrected chi connectivity index (χ3v) is 2.57. The lowest BCUT2D eigenvalue weighted by atomic mass is 10.1. The predicted octanol–water partition coefficient (Wildman–Crippen LogP) is 2.30. The Balaban J connectivity index is 2.15.